The summed E-state index contributed by atoms with van der Waals surface area (Å²) < 4.78 is 0. The van der Waals surface area contributed by atoms with E-state index in [1.165, 1.54) is 0 Å². The van der Waals surface area contributed by atoms with E-state index >= 15 is 0 Å². The lowest BCUT2D eigenvalue weighted by atomic mass is 9.65. The van der Waals surface area contributed by atoms with Gasteiger partial charge in [0.2, 0.25) is 5.91 Å². The molecule has 2 aliphatic rings. The third kappa shape index (κ3) is 2.88. The number of hydrogen-bond acceptors (Lipinski definition) is 4. The summed E-state index contributed by atoms with van der Waals surface area (Å²) in [5.41, 5.74) is 0.0699. The Morgan fingerprint density at radius 1 is 1.11 bits per heavy atom. The summed E-state index contributed by atoms with van der Waals surface area (Å²) in [5.74, 6) is -0.0617. The van der Waals surface area contributed by atoms with Gasteiger partial charge < -0.3 is 4.90 Å². The minimum Gasteiger partial charge on any atom is -0.341 e. The highest BCUT2D eigenvalue weighted by molar-refractivity contribution is 5.78. The van der Waals surface area contributed by atoms with Gasteiger partial charge in [-0.05, 0) is 17.3 Å². The molecule has 0 aromatic rings. The van der Waals surface area contributed by atoms with Crippen LogP contribution in [0.1, 0.15) is 26.7 Å². The maximum absolute atomic E-state index is 12.0. The molecule has 2 atom stereocenters. The first-order chi connectivity index (χ1) is 8.90. The van der Waals surface area contributed by atoms with Crippen molar-refractivity contribution in [3.8, 4) is 12.1 Å². The van der Waals surface area contributed by atoms with Crippen LogP contribution in [0.15, 0.2) is 0 Å². The molecule has 2 fully saturated rings. The van der Waals surface area contributed by atoms with E-state index < -0.39 is 0 Å². The maximum Gasteiger partial charge on any atom is 0.236 e. The molecule has 0 saturated carbocycles. The van der Waals surface area contributed by atoms with Crippen LogP contribution in [0.5, 0.6) is 0 Å². The van der Waals surface area contributed by atoms with Gasteiger partial charge in [0.15, 0.2) is 0 Å². The minimum atomic E-state index is -0.0617. The van der Waals surface area contributed by atoms with Crippen molar-refractivity contribution in [2.24, 2.45) is 10.8 Å². The van der Waals surface area contributed by atoms with Gasteiger partial charge in [-0.25, -0.2) is 0 Å². The molecular formula is C14H20N4O. The number of fused-ring (bicyclic) bond motifs is 2. The molecule has 5 nitrogen and oxygen atoms in total. The van der Waals surface area contributed by atoms with Crippen molar-refractivity contribution in [1.82, 2.24) is 9.80 Å². The van der Waals surface area contributed by atoms with Crippen LogP contribution < -0.4 is 0 Å². The lowest BCUT2D eigenvalue weighted by molar-refractivity contribution is -0.143. The Kier molecular flexibility index (Phi) is 3.52. The SMILES string of the molecule is C[C@]12CN(CC#N)C[C@](C)(CN(C(=O)CC#N)C1)C2. The number of rotatable bonds is 2. The van der Waals surface area contributed by atoms with E-state index in [-0.39, 0.29) is 23.2 Å². The van der Waals surface area contributed by atoms with Crippen LogP contribution in [0.25, 0.3) is 0 Å². The Morgan fingerprint density at radius 2 is 1.68 bits per heavy atom. The van der Waals surface area contributed by atoms with E-state index in [2.05, 4.69) is 24.8 Å². The molecule has 5 heteroatoms. The second kappa shape index (κ2) is 4.83. The van der Waals surface area contributed by atoms with Crippen molar-refractivity contribution in [1.29, 1.82) is 10.5 Å². The first-order valence-corrected chi connectivity index (χ1v) is 6.64. The molecule has 0 radical (unpaired) electrons. The number of piperidine rings is 2. The highest BCUT2D eigenvalue weighted by atomic mass is 16.2. The van der Waals surface area contributed by atoms with Crippen molar-refractivity contribution in [3.63, 3.8) is 0 Å². The van der Waals surface area contributed by atoms with Gasteiger partial charge in [0, 0.05) is 26.2 Å². The fraction of sp³-hybridized carbons (Fsp3) is 0.786. The van der Waals surface area contributed by atoms with E-state index in [0.29, 0.717) is 19.6 Å². The third-order valence-corrected chi connectivity index (χ3v) is 4.09. The number of carbonyl (C=O) groups is 1. The Hall–Kier alpha value is -1.59. The molecule has 19 heavy (non-hydrogen) atoms. The predicted molar refractivity (Wildman–Crippen MR) is 69.7 cm³/mol. The average molecular weight is 260 g/mol. The summed E-state index contributed by atoms with van der Waals surface area (Å²) in [6, 6.07) is 4.16. The van der Waals surface area contributed by atoms with Crippen molar-refractivity contribution >= 4 is 5.91 Å². The number of amides is 1. The molecule has 0 unspecified atom stereocenters. The summed E-state index contributed by atoms with van der Waals surface area (Å²) in [5, 5.41) is 17.5. The van der Waals surface area contributed by atoms with Gasteiger partial charge in [-0.2, -0.15) is 10.5 Å². The lowest BCUT2D eigenvalue weighted by Gasteiger charge is -2.56. The Balaban J connectivity index is 2.16. The Morgan fingerprint density at radius 3 is 2.16 bits per heavy atom. The monoisotopic (exact) mass is 260 g/mol. The molecule has 0 N–H and O–H groups in total. The summed E-state index contributed by atoms with van der Waals surface area (Å²) in [4.78, 5) is 16.0. The second-order valence-corrected chi connectivity index (χ2v) is 6.69. The molecular weight excluding hydrogens is 240 g/mol. The first-order valence-electron chi connectivity index (χ1n) is 6.64. The van der Waals surface area contributed by atoms with E-state index in [1.807, 2.05) is 11.0 Å². The summed E-state index contributed by atoms with van der Waals surface area (Å²) >= 11 is 0. The molecule has 0 aromatic carbocycles. The van der Waals surface area contributed by atoms with Gasteiger partial charge in [0.05, 0.1) is 18.7 Å². The zero-order chi connectivity index (χ0) is 14.1. The van der Waals surface area contributed by atoms with E-state index in [4.69, 9.17) is 10.5 Å². The summed E-state index contributed by atoms with van der Waals surface area (Å²) in [6.07, 6.45) is 1.05. The number of carbonyl (C=O) groups excluding carboxylic acids is 1. The van der Waals surface area contributed by atoms with E-state index in [0.717, 1.165) is 19.5 Å². The third-order valence-electron chi connectivity index (χ3n) is 4.09. The standard InChI is InChI=1S/C14H20N4O/c1-13-7-14(2,9-17(8-13)6-5-16)11-18(10-13)12(19)3-4-15/h3,6-11H2,1-2H3/t13-,14+. The Bertz CT molecular complexity index is 443. The number of nitrogens with zero attached hydrogens (tertiary/aromatic N) is 4. The molecule has 2 heterocycles. The highest BCUT2D eigenvalue weighted by Gasteiger charge is 2.49. The van der Waals surface area contributed by atoms with Gasteiger partial charge >= 0.3 is 0 Å². The Labute approximate surface area is 114 Å². The van der Waals surface area contributed by atoms with Crippen LogP contribution in [0.2, 0.25) is 0 Å². The normalized spacial score (nSPS) is 34.4. The molecule has 2 rings (SSSR count). The topological polar surface area (TPSA) is 71.1 Å². The number of nitriles is 2. The predicted octanol–water partition coefficient (Wildman–Crippen LogP) is 0.984. The zero-order valence-corrected chi connectivity index (χ0v) is 11.6. The second-order valence-electron chi connectivity index (χ2n) is 6.69. The van der Waals surface area contributed by atoms with Gasteiger partial charge in [-0.15, -0.1) is 0 Å². The number of hydrogen-bond donors (Lipinski definition) is 0. The van der Waals surface area contributed by atoms with Crippen molar-refractivity contribution < 1.29 is 4.79 Å². The fourth-order valence-electron chi connectivity index (χ4n) is 4.03. The highest BCUT2D eigenvalue weighted by Crippen LogP contribution is 2.45. The van der Waals surface area contributed by atoms with Crippen LogP contribution in [-0.4, -0.2) is 48.4 Å². The molecule has 1 amide bonds. The van der Waals surface area contributed by atoms with Gasteiger partial charge in [-0.1, -0.05) is 13.8 Å². The minimum absolute atomic E-state index is 0.0337. The molecule has 0 spiro atoms. The van der Waals surface area contributed by atoms with Gasteiger partial charge in [0.1, 0.15) is 6.42 Å². The average Bonchev–Trinajstić information content (AvgIpc) is 2.25. The smallest absolute Gasteiger partial charge is 0.236 e. The maximum atomic E-state index is 12.0. The lowest BCUT2D eigenvalue weighted by Crippen LogP contribution is -2.63. The largest absolute Gasteiger partial charge is 0.341 e. The molecule has 2 saturated heterocycles. The van der Waals surface area contributed by atoms with Crippen LogP contribution in [0.4, 0.5) is 0 Å². The molecule has 102 valence electrons. The van der Waals surface area contributed by atoms with E-state index in [9.17, 15) is 4.79 Å². The molecule has 2 bridgehead atoms. The van der Waals surface area contributed by atoms with Crippen LogP contribution in [0, 0.1) is 33.5 Å². The van der Waals surface area contributed by atoms with Crippen LogP contribution >= 0.6 is 0 Å². The van der Waals surface area contributed by atoms with Crippen molar-refractivity contribution in [2.45, 2.75) is 26.7 Å². The molecule has 0 aliphatic carbocycles. The van der Waals surface area contributed by atoms with Crippen LogP contribution in [0.3, 0.4) is 0 Å². The van der Waals surface area contributed by atoms with Gasteiger partial charge in [-0.3, -0.25) is 9.69 Å². The fourth-order valence-corrected chi connectivity index (χ4v) is 4.03. The number of likely N-dealkylation sites (tertiary alicyclic amines) is 2. The van der Waals surface area contributed by atoms with Crippen molar-refractivity contribution in [2.75, 3.05) is 32.7 Å². The van der Waals surface area contributed by atoms with Crippen LogP contribution in [-0.2, 0) is 4.79 Å². The van der Waals surface area contributed by atoms with Gasteiger partial charge in [0.25, 0.3) is 0 Å². The summed E-state index contributed by atoms with van der Waals surface area (Å²) in [7, 11) is 0. The summed E-state index contributed by atoms with van der Waals surface area (Å²) in [6.45, 7) is 7.92. The first kappa shape index (κ1) is 13.8. The molecule has 0 aromatic heterocycles. The van der Waals surface area contributed by atoms with Crippen molar-refractivity contribution in [3.05, 3.63) is 0 Å². The quantitative estimate of drug-likeness (QED) is 0.694. The molecule has 2 aliphatic heterocycles. The van der Waals surface area contributed by atoms with E-state index in [1.54, 1.807) is 0 Å². The zero-order valence-electron chi connectivity index (χ0n) is 11.6.